The Morgan fingerprint density at radius 1 is 1.48 bits per heavy atom. The molecule has 9 heteroatoms. The number of hydrogen-bond donors (Lipinski definition) is 1. The highest BCUT2D eigenvalue weighted by molar-refractivity contribution is 9.10. The maximum atomic E-state index is 12.4. The molecule has 0 saturated heterocycles. The number of carbonyl (C=O) groups is 1. The Bertz CT molecular complexity index is 609. The average molecular weight is 400 g/mol. The van der Waals surface area contributed by atoms with Crippen molar-refractivity contribution in [2.75, 3.05) is 33.9 Å². The first-order valence-corrected chi connectivity index (χ1v) is 8.57. The molecule has 0 saturated carbocycles. The van der Waals surface area contributed by atoms with Crippen LogP contribution in [0.1, 0.15) is 0 Å². The van der Waals surface area contributed by atoms with Gasteiger partial charge in [-0.3, -0.25) is 4.79 Å². The van der Waals surface area contributed by atoms with Gasteiger partial charge in [0.1, 0.15) is 4.90 Å². The van der Waals surface area contributed by atoms with Crippen molar-refractivity contribution >= 4 is 43.5 Å². The number of ether oxygens (including phenoxy) is 1. The van der Waals surface area contributed by atoms with Crippen LogP contribution in [0.3, 0.4) is 0 Å². The normalized spacial score (nSPS) is 11.7. The van der Waals surface area contributed by atoms with E-state index in [0.717, 1.165) is 4.31 Å². The minimum atomic E-state index is -3.82. The maximum absolute atomic E-state index is 12.4. The van der Waals surface area contributed by atoms with Gasteiger partial charge in [-0.2, -0.15) is 4.31 Å². The lowest BCUT2D eigenvalue weighted by atomic mass is 10.4. The van der Waals surface area contributed by atoms with Crippen LogP contribution >= 0.6 is 27.5 Å². The zero-order valence-corrected chi connectivity index (χ0v) is 14.8. The van der Waals surface area contributed by atoms with Crippen LogP contribution in [0.4, 0.5) is 0 Å². The third kappa shape index (κ3) is 5.23. The van der Waals surface area contributed by atoms with Gasteiger partial charge in [0.25, 0.3) is 0 Å². The molecular formula is C12H16BrClN2O4S. The molecule has 1 N–H and O–H groups in total. The molecule has 0 unspecified atom stereocenters. The van der Waals surface area contributed by atoms with E-state index in [9.17, 15) is 13.2 Å². The Morgan fingerprint density at radius 3 is 2.71 bits per heavy atom. The van der Waals surface area contributed by atoms with Gasteiger partial charge in [-0.25, -0.2) is 8.42 Å². The van der Waals surface area contributed by atoms with Gasteiger partial charge in [0, 0.05) is 25.2 Å². The van der Waals surface area contributed by atoms with Gasteiger partial charge in [-0.1, -0.05) is 27.5 Å². The van der Waals surface area contributed by atoms with Crippen LogP contribution in [0.5, 0.6) is 0 Å². The summed E-state index contributed by atoms with van der Waals surface area (Å²) in [5.41, 5.74) is 0. The number of hydrogen-bond acceptors (Lipinski definition) is 4. The van der Waals surface area contributed by atoms with Crippen LogP contribution in [0.25, 0.3) is 0 Å². The Morgan fingerprint density at radius 2 is 2.14 bits per heavy atom. The van der Waals surface area contributed by atoms with Gasteiger partial charge in [0.2, 0.25) is 15.9 Å². The first kappa shape index (κ1) is 18.4. The molecule has 6 nitrogen and oxygen atoms in total. The molecule has 1 rings (SSSR count). The topological polar surface area (TPSA) is 75.7 Å². The van der Waals surface area contributed by atoms with Gasteiger partial charge in [-0.15, -0.1) is 0 Å². The molecule has 1 aromatic carbocycles. The van der Waals surface area contributed by atoms with E-state index >= 15 is 0 Å². The van der Waals surface area contributed by atoms with E-state index in [1.54, 1.807) is 6.07 Å². The molecule has 0 aromatic heterocycles. The zero-order valence-electron chi connectivity index (χ0n) is 11.6. The monoisotopic (exact) mass is 398 g/mol. The molecule has 0 heterocycles. The minimum Gasteiger partial charge on any atom is -0.383 e. The standard InChI is InChI=1S/C12H16BrClN2O4S/c1-16(8-12(17)15-5-6-20-2)21(18,19)11-4-3-9(13)7-10(11)14/h3-4,7H,5-6,8H2,1-2H3,(H,15,17). The number of nitrogens with one attached hydrogen (secondary N) is 1. The molecule has 0 aliphatic heterocycles. The number of sulfonamides is 1. The van der Waals surface area contributed by atoms with Crippen LogP contribution in [0, 0.1) is 0 Å². The maximum Gasteiger partial charge on any atom is 0.244 e. The number of carbonyl (C=O) groups excluding carboxylic acids is 1. The summed E-state index contributed by atoms with van der Waals surface area (Å²) >= 11 is 9.15. The Balaban J connectivity index is 2.80. The molecule has 21 heavy (non-hydrogen) atoms. The molecule has 0 fully saturated rings. The number of amides is 1. The van der Waals surface area contributed by atoms with Crippen LogP contribution < -0.4 is 5.32 Å². The van der Waals surface area contributed by atoms with Gasteiger partial charge >= 0.3 is 0 Å². The second kappa shape index (κ2) is 8.09. The minimum absolute atomic E-state index is 0.0421. The van der Waals surface area contributed by atoms with E-state index in [-0.39, 0.29) is 16.5 Å². The van der Waals surface area contributed by atoms with Gasteiger partial charge in [-0.05, 0) is 18.2 Å². The molecule has 118 valence electrons. The smallest absolute Gasteiger partial charge is 0.244 e. The summed E-state index contributed by atoms with van der Waals surface area (Å²) in [6.07, 6.45) is 0. The number of halogens is 2. The highest BCUT2D eigenvalue weighted by atomic mass is 79.9. The van der Waals surface area contributed by atoms with Crippen molar-refractivity contribution < 1.29 is 17.9 Å². The summed E-state index contributed by atoms with van der Waals surface area (Å²) in [4.78, 5) is 11.6. The first-order valence-electron chi connectivity index (χ1n) is 5.96. The highest BCUT2D eigenvalue weighted by Gasteiger charge is 2.25. The first-order chi connectivity index (χ1) is 9.78. The van der Waals surface area contributed by atoms with E-state index in [1.165, 1.54) is 26.3 Å². The largest absolute Gasteiger partial charge is 0.383 e. The van der Waals surface area contributed by atoms with E-state index < -0.39 is 15.9 Å². The Hall–Kier alpha value is -0.670. The fourth-order valence-corrected chi connectivity index (χ4v) is 3.62. The molecule has 0 bridgehead atoms. The fraction of sp³-hybridized carbons (Fsp3) is 0.417. The lowest BCUT2D eigenvalue weighted by Crippen LogP contribution is -2.39. The summed E-state index contributed by atoms with van der Waals surface area (Å²) in [5.74, 6) is -0.411. The molecule has 1 aromatic rings. The second-order valence-corrected chi connectivity index (χ2v) is 7.51. The molecule has 0 radical (unpaired) electrons. The number of nitrogens with zero attached hydrogens (tertiary/aromatic N) is 1. The van der Waals surface area contributed by atoms with Crippen molar-refractivity contribution in [1.29, 1.82) is 0 Å². The van der Waals surface area contributed by atoms with E-state index in [4.69, 9.17) is 16.3 Å². The summed E-state index contributed by atoms with van der Waals surface area (Å²) in [7, 11) is -0.988. The molecule has 0 spiro atoms. The van der Waals surface area contributed by atoms with Crippen LogP contribution in [0.2, 0.25) is 5.02 Å². The van der Waals surface area contributed by atoms with Crippen molar-refractivity contribution in [2.24, 2.45) is 0 Å². The molecule has 0 atom stereocenters. The van der Waals surface area contributed by atoms with Crippen molar-refractivity contribution in [3.05, 3.63) is 27.7 Å². The SMILES string of the molecule is COCCNC(=O)CN(C)S(=O)(=O)c1ccc(Br)cc1Cl. The van der Waals surface area contributed by atoms with Crippen molar-refractivity contribution in [2.45, 2.75) is 4.90 Å². The molecular weight excluding hydrogens is 384 g/mol. The number of likely N-dealkylation sites (N-methyl/N-ethyl adjacent to an activating group) is 1. The molecule has 0 aliphatic carbocycles. The van der Waals surface area contributed by atoms with E-state index in [0.29, 0.717) is 17.6 Å². The third-order valence-electron chi connectivity index (χ3n) is 2.58. The Labute approximate surface area is 137 Å². The molecule has 1 amide bonds. The number of methoxy groups -OCH3 is 1. The van der Waals surface area contributed by atoms with Crippen LogP contribution in [-0.4, -0.2) is 52.5 Å². The second-order valence-electron chi connectivity index (χ2n) is 4.18. The van der Waals surface area contributed by atoms with Crippen molar-refractivity contribution in [1.82, 2.24) is 9.62 Å². The van der Waals surface area contributed by atoms with E-state index in [1.807, 2.05) is 0 Å². The highest BCUT2D eigenvalue weighted by Crippen LogP contribution is 2.27. The van der Waals surface area contributed by atoms with Crippen LogP contribution in [-0.2, 0) is 19.6 Å². The molecule has 0 aliphatic rings. The van der Waals surface area contributed by atoms with Gasteiger partial charge < -0.3 is 10.1 Å². The lowest BCUT2D eigenvalue weighted by Gasteiger charge is -2.17. The summed E-state index contributed by atoms with van der Waals surface area (Å²) < 4.78 is 31.1. The third-order valence-corrected chi connectivity index (χ3v) is 5.36. The summed E-state index contributed by atoms with van der Waals surface area (Å²) in [5, 5.41) is 2.64. The van der Waals surface area contributed by atoms with Crippen LogP contribution in [0.15, 0.2) is 27.6 Å². The predicted octanol–water partition coefficient (Wildman–Crippen LogP) is 1.49. The van der Waals surface area contributed by atoms with Crippen molar-refractivity contribution in [3.8, 4) is 0 Å². The van der Waals surface area contributed by atoms with E-state index in [2.05, 4.69) is 21.2 Å². The Kier molecular flexibility index (Phi) is 7.08. The van der Waals surface area contributed by atoms with Crippen molar-refractivity contribution in [3.63, 3.8) is 0 Å². The summed E-state index contributed by atoms with van der Waals surface area (Å²) in [6, 6.07) is 4.45. The predicted molar refractivity (Wildman–Crippen MR) is 83.9 cm³/mol. The fourth-order valence-electron chi connectivity index (χ4n) is 1.49. The van der Waals surface area contributed by atoms with Gasteiger partial charge in [0.15, 0.2) is 0 Å². The summed E-state index contributed by atoms with van der Waals surface area (Å²) in [6.45, 7) is 0.390. The average Bonchev–Trinajstić information content (AvgIpc) is 2.38. The van der Waals surface area contributed by atoms with Gasteiger partial charge in [0.05, 0.1) is 18.2 Å². The number of rotatable bonds is 7. The zero-order chi connectivity index (χ0) is 16.0. The number of benzene rings is 1. The lowest BCUT2D eigenvalue weighted by molar-refractivity contribution is -0.121. The quantitative estimate of drug-likeness (QED) is 0.705.